The Labute approximate surface area is 100 Å². The minimum absolute atomic E-state index is 0.140. The van der Waals surface area contributed by atoms with Crippen molar-refractivity contribution in [3.63, 3.8) is 0 Å². The molecule has 2 heterocycles. The number of hydrogen-bond donors (Lipinski definition) is 0. The summed E-state index contributed by atoms with van der Waals surface area (Å²) in [5.74, 6) is 0.140. The molecule has 0 aliphatic carbocycles. The van der Waals surface area contributed by atoms with Crippen molar-refractivity contribution in [2.45, 2.75) is 32.9 Å². The van der Waals surface area contributed by atoms with Crippen molar-refractivity contribution < 1.29 is 9.53 Å². The maximum atomic E-state index is 12.2. The molecule has 2 atom stereocenters. The van der Waals surface area contributed by atoms with Crippen LogP contribution in [0.15, 0.2) is 12.1 Å². The lowest BCUT2D eigenvalue weighted by atomic mass is 10.2. The van der Waals surface area contributed by atoms with Gasteiger partial charge in [-0.15, -0.1) is 11.3 Å². The molecular weight excluding hydrogens is 222 g/mol. The Morgan fingerprint density at radius 1 is 1.50 bits per heavy atom. The van der Waals surface area contributed by atoms with Gasteiger partial charge in [0.1, 0.15) is 0 Å². The minimum Gasteiger partial charge on any atom is -0.375 e. The topological polar surface area (TPSA) is 29.5 Å². The van der Waals surface area contributed by atoms with Crippen LogP contribution in [0.4, 0.5) is 0 Å². The van der Waals surface area contributed by atoms with Gasteiger partial charge in [-0.2, -0.15) is 0 Å². The highest BCUT2D eigenvalue weighted by molar-refractivity contribution is 7.13. The molecule has 1 saturated heterocycles. The lowest BCUT2D eigenvalue weighted by molar-refractivity contribution is -0.0385. The van der Waals surface area contributed by atoms with E-state index in [9.17, 15) is 4.79 Å². The van der Waals surface area contributed by atoms with Gasteiger partial charge in [-0.05, 0) is 32.9 Å². The van der Waals surface area contributed by atoms with Gasteiger partial charge in [0, 0.05) is 11.4 Å². The average Bonchev–Trinajstić information content (AvgIpc) is 2.67. The van der Waals surface area contributed by atoms with Crippen LogP contribution in [0.2, 0.25) is 0 Å². The molecule has 0 spiro atoms. The first-order chi connectivity index (χ1) is 7.58. The summed E-state index contributed by atoms with van der Waals surface area (Å²) in [5.41, 5.74) is 0. The third-order valence-corrected chi connectivity index (χ3v) is 3.81. The van der Waals surface area contributed by atoms with E-state index in [1.54, 1.807) is 11.3 Å². The van der Waals surface area contributed by atoms with E-state index in [2.05, 4.69) is 0 Å². The molecule has 2 rings (SSSR count). The van der Waals surface area contributed by atoms with Crippen molar-refractivity contribution in [2.24, 2.45) is 0 Å². The SMILES string of the molecule is Cc1ccc(C(=O)N2C[C@@H](C)OC[C@H]2C)s1. The van der Waals surface area contributed by atoms with Crippen molar-refractivity contribution in [3.8, 4) is 0 Å². The Morgan fingerprint density at radius 2 is 2.25 bits per heavy atom. The summed E-state index contributed by atoms with van der Waals surface area (Å²) in [6, 6.07) is 4.08. The van der Waals surface area contributed by atoms with Crippen molar-refractivity contribution in [1.82, 2.24) is 4.90 Å². The summed E-state index contributed by atoms with van der Waals surface area (Å²) in [6.45, 7) is 7.39. The molecule has 0 unspecified atom stereocenters. The smallest absolute Gasteiger partial charge is 0.264 e. The van der Waals surface area contributed by atoms with Crippen LogP contribution in [0, 0.1) is 6.92 Å². The van der Waals surface area contributed by atoms with Crippen LogP contribution in [0.1, 0.15) is 28.4 Å². The van der Waals surface area contributed by atoms with Gasteiger partial charge >= 0.3 is 0 Å². The van der Waals surface area contributed by atoms with Crippen LogP contribution in [-0.2, 0) is 4.74 Å². The minimum atomic E-state index is 0.140. The fourth-order valence-corrected chi connectivity index (χ4v) is 2.70. The normalized spacial score (nSPS) is 25.8. The fraction of sp³-hybridized carbons (Fsp3) is 0.583. The zero-order valence-electron chi connectivity index (χ0n) is 9.90. The molecular formula is C12H17NO2S. The van der Waals surface area contributed by atoms with E-state index in [0.717, 1.165) is 4.88 Å². The van der Waals surface area contributed by atoms with E-state index in [0.29, 0.717) is 13.2 Å². The Bertz CT molecular complexity index is 388. The molecule has 16 heavy (non-hydrogen) atoms. The number of carbonyl (C=O) groups excluding carboxylic acids is 1. The van der Waals surface area contributed by atoms with Crippen LogP contribution in [0.25, 0.3) is 0 Å². The van der Waals surface area contributed by atoms with Gasteiger partial charge in [0.25, 0.3) is 5.91 Å². The summed E-state index contributed by atoms with van der Waals surface area (Å²) >= 11 is 1.56. The van der Waals surface area contributed by atoms with Crippen molar-refractivity contribution in [1.29, 1.82) is 0 Å². The van der Waals surface area contributed by atoms with Gasteiger partial charge in [-0.25, -0.2) is 0 Å². The Kier molecular flexibility index (Phi) is 3.30. The molecule has 4 heteroatoms. The van der Waals surface area contributed by atoms with Crippen molar-refractivity contribution in [2.75, 3.05) is 13.2 Å². The number of aryl methyl sites for hydroxylation is 1. The predicted octanol–water partition coefficient (Wildman–Crippen LogP) is 2.31. The summed E-state index contributed by atoms with van der Waals surface area (Å²) in [7, 11) is 0. The van der Waals surface area contributed by atoms with Gasteiger partial charge in [0.2, 0.25) is 0 Å². The molecule has 0 bridgehead atoms. The molecule has 1 aromatic rings. The highest BCUT2D eigenvalue weighted by atomic mass is 32.1. The molecule has 0 saturated carbocycles. The number of nitrogens with zero attached hydrogens (tertiary/aromatic N) is 1. The molecule has 1 aliphatic rings. The quantitative estimate of drug-likeness (QED) is 0.752. The summed E-state index contributed by atoms with van der Waals surface area (Å²) in [6.07, 6.45) is 0.140. The number of morpholine rings is 1. The Hall–Kier alpha value is -0.870. The first-order valence-electron chi connectivity index (χ1n) is 5.57. The highest BCUT2D eigenvalue weighted by Crippen LogP contribution is 2.20. The lowest BCUT2D eigenvalue weighted by Crippen LogP contribution is -2.50. The van der Waals surface area contributed by atoms with Crippen molar-refractivity contribution in [3.05, 3.63) is 21.9 Å². The van der Waals surface area contributed by atoms with Crippen LogP contribution < -0.4 is 0 Å². The highest BCUT2D eigenvalue weighted by Gasteiger charge is 2.28. The van der Waals surface area contributed by atoms with Crippen LogP contribution in [-0.4, -0.2) is 36.1 Å². The third-order valence-electron chi connectivity index (χ3n) is 2.82. The van der Waals surface area contributed by atoms with E-state index >= 15 is 0 Å². The van der Waals surface area contributed by atoms with E-state index < -0.39 is 0 Å². The number of ether oxygens (including phenoxy) is 1. The molecule has 0 N–H and O–H groups in total. The predicted molar refractivity (Wildman–Crippen MR) is 65.0 cm³/mol. The van der Waals surface area contributed by atoms with Crippen LogP contribution >= 0.6 is 11.3 Å². The van der Waals surface area contributed by atoms with E-state index in [1.807, 2.05) is 37.8 Å². The number of carbonyl (C=O) groups is 1. The van der Waals surface area contributed by atoms with Gasteiger partial charge in [-0.1, -0.05) is 0 Å². The standard InChI is InChI=1S/C12H17NO2S/c1-8-7-15-9(2)6-13(8)12(14)11-5-4-10(3)16-11/h4-5,8-9H,6-7H2,1-3H3/t8-,9-/m1/s1. The largest absolute Gasteiger partial charge is 0.375 e. The molecule has 0 radical (unpaired) electrons. The van der Waals surface area contributed by atoms with Crippen LogP contribution in [0.3, 0.4) is 0 Å². The molecule has 3 nitrogen and oxygen atoms in total. The maximum absolute atomic E-state index is 12.2. The van der Waals surface area contributed by atoms with E-state index in [-0.39, 0.29) is 18.1 Å². The van der Waals surface area contributed by atoms with Gasteiger partial charge < -0.3 is 9.64 Å². The third kappa shape index (κ3) is 2.28. The molecule has 0 aromatic carbocycles. The number of hydrogen-bond acceptors (Lipinski definition) is 3. The molecule has 1 aromatic heterocycles. The first kappa shape index (κ1) is 11.6. The average molecular weight is 239 g/mol. The fourth-order valence-electron chi connectivity index (χ4n) is 1.88. The second kappa shape index (κ2) is 4.55. The van der Waals surface area contributed by atoms with E-state index in [4.69, 9.17) is 4.74 Å². The van der Waals surface area contributed by atoms with E-state index in [1.165, 1.54) is 4.88 Å². The second-order valence-electron chi connectivity index (χ2n) is 4.36. The number of amides is 1. The monoisotopic (exact) mass is 239 g/mol. The summed E-state index contributed by atoms with van der Waals surface area (Å²) in [5, 5.41) is 0. The zero-order chi connectivity index (χ0) is 11.7. The lowest BCUT2D eigenvalue weighted by Gasteiger charge is -2.36. The molecule has 1 aliphatic heterocycles. The molecule has 88 valence electrons. The molecule has 1 fully saturated rings. The first-order valence-corrected chi connectivity index (χ1v) is 6.38. The molecule has 1 amide bonds. The van der Waals surface area contributed by atoms with Gasteiger partial charge in [0.15, 0.2) is 0 Å². The second-order valence-corrected chi connectivity index (χ2v) is 5.65. The van der Waals surface area contributed by atoms with Crippen LogP contribution in [0.5, 0.6) is 0 Å². The van der Waals surface area contributed by atoms with Gasteiger partial charge in [-0.3, -0.25) is 4.79 Å². The van der Waals surface area contributed by atoms with Gasteiger partial charge in [0.05, 0.1) is 23.6 Å². The summed E-state index contributed by atoms with van der Waals surface area (Å²) in [4.78, 5) is 16.2. The number of rotatable bonds is 1. The maximum Gasteiger partial charge on any atom is 0.264 e. The zero-order valence-corrected chi connectivity index (χ0v) is 10.7. The number of thiophene rings is 1. The Balaban J connectivity index is 2.14. The Morgan fingerprint density at radius 3 is 2.88 bits per heavy atom. The summed E-state index contributed by atoms with van der Waals surface area (Å²) < 4.78 is 5.52. The van der Waals surface area contributed by atoms with Crippen molar-refractivity contribution >= 4 is 17.2 Å².